The van der Waals surface area contributed by atoms with E-state index in [2.05, 4.69) is 32.8 Å². The number of nitrogens with one attached hydrogen (secondary N) is 3. The molecule has 2 aromatic heterocycles. The van der Waals surface area contributed by atoms with Crippen LogP contribution in [0.5, 0.6) is 0 Å². The number of likely N-dealkylation sites (N-methyl/N-ethyl adjacent to an activating group) is 1. The average Bonchev–Trinajstić information content (AvgIpc) is 3.49. The van der Waals surface area contributed by atoms with Gasteiger partial charge in [0.1, 0.15) is 30.2 Å². The zero-order valence-electron chi connectivity index (χ0n) is 29.3. The predicted octanol–water partition coefficient (Wildman–Crippen LogP) is 2.71. The highest BCUT2D eigenvalue weighted by atomic mass is 16.6. The van der Waals surface area contributed by atoms with E-state index in [1.54, 1.807) is 37.9 Å². The van der Waals surface area contributed by atoms with Crippen LogP contribution in [-0.2, 0) is 23.9 Å². The van der Waals surface area contributed by atoms with E-state index in [9.17, 15) is 24.0 Å². The molecule has 0 saturated carbocycles. The molecule has 16 heteroatoms. The quantitative estimate of drug-likeness (QED) is 0.195. The van der Waals surface area contributed by atoms with Crippen LogP contribution in [0.15, 0.2) is 18.6 Å². The van der Waals surface area contributed by atoms with Gasteiger partial charge in [-0.25, -0.2) is 24.4 Å². The van der Waals surface area contributed by atoms with Crippen LogP contribution in [0.1, 0.15) is 72.6 Å². The summed E-state index contributed by atoms with van der Waals surface area (Å²) < 4.78 is 11.4. The van der Waals surface area contributed by atoms with Crippen molar-refractivity contribution in [2.45, 2.75) is 90.3 Å². The van der Waals surface area contributed by atoms with Crippen molar-refractivity contribution in [1.82, 2.24) is 35.4 Å². The largest absolute Gasteiger partial charge is 0.467 e. The Hall–Kier alpha value is -4.94. The normalized spacial score (nSPS) is 16.6. The first-order valence-corrected chi connectivity index (χ1v) is 16.6. The third-order valence-electron chi connectivity index (χ3n) is 8.28. The number of alkyl carbamates (subject to hydrolysis) is 1. The number of esters is 1. The van der Waals surface area contributed by atoms with Gasteiger partial charge in [0.15, 0.2) is 5.65 Å². The summed E-state index contributed by atoms with van der Waals surface area (Å²) in [5.74, 6) is -0.214. The van der Waals surface area contributed by atoms with Gasteiger partial charge >= 0.3 is 18.1 Å². The smallest absolute Gasteiger partial charge is 0.407 e. The lowest BCUT2D eigenvalue weighted by molar-refractivity contribution is -0.145. The number of likely N-dealkylation sites (tertiary alicyclic amines) is 1. The van der Waals surface area contributed by atoms with Gasteiger partial charge in [-0.2, -0.15) is 5.26 Å². The summed E-state index contributed by atoms with van der Waals surface area (Å²) in [6.07, 6.45) is 4.99. The van der Waals surface area contributed by atoms with Crippen LogP contribution >= 0.6 is 0 Å². The summed E-state index contributed by atoms with van der Waals surface area (Å²) >= 11 is 0. The maximum absolute atomic E-state index is 13.1. The summed E-state index contributed by atoms with van der Waals surface area (Å²) in [5.41, 5.74) is -0.182. The van der Waals surface area contributed by atoms with E-state index in [0.29, 0.717) is 62.2 Å². The number of carbonyl (C=O) groups excluding carboxylic acids is 5. The standard InChI is InChI=1S/C33H49N9O7/c1-22-13-18-41(27(44)12-15-34)20-25(22)40(5)28-23-14-19-42(29(23)38-21-37-28)31(46)35-17-9-11-26(43)39-24(30(45)48-6)10-7-8-16-36-32(47)49-33(2,3)4/h14,19,21-22,24-25H,7-13,16-18,20H2,1-6H3,(H,35,46)(H,36,47)(H,39,43)/t22-,24+,25+/m1/s1. The van der Waals surface area contributed by atoms with E-state index in [1.807, 2.05) is 18.0 Å². The van der Waals surface area contributed by atoms with Gasteiger partial charge in [-0.15, -0.1) is 0 Å². The molecule has 3 N–H and O–H groups in total. The summed E-state index contributed by atoms with van der Waals surface area (Å²) in [6.45, 7) is 9.08. The molecule has 16 nitrogen and oxygen atoms in total. The molecule has 268 valence electrons. The maximum Gasteiger partial charge on any atom is 0.407 e. The van der Waals surface area contributed by atoms with Crippen LogP contribution in [0.3, 0.4) is 0 Å². The van der Waals surface area contributed by atoms with Crippen LogP contribution in [0.4, 0.5) is 15.4 Å². The third-order valence-corrected chi connectivity index (χ3v) is 8.28. The van der Waals surface area contributed by atoms with Crippen LogP contribution in [0.2, 0.25) is 0 Å². The molecule has 0 unspecified atom stereocenters. The fourth-order valence-electron chi connectivity index (χ4n) is 5.66. The van der Waals surface area contributed by atoms with Crippen molar-refractivity contribution in [3.63, 3.8) is 0 Å². The summed E-state index contributed by atoms with van der Waals surface area (Å²) in [7, 11) is 3.15. The lowest BCUT2D eigenvalue weighted by Gasteiger charge is -2.42. The topological polar surface area (TPSA) is 201 Å². The Morgan fingerprint density at radius 3 is 2.55 bits per heavy atom. The molecule has 1 fully saturated rings. The molecule has 4 amide bonds. The van der Waals surface area contributed by atoms with Crippen LogP contribution < -0.4 is 20.9 Å². The lowest BCUT2D eigenvalue weighted by Crippen LogP contribution is -2.52. The number of aromatic nitrogens is 3. The minimum atomic E-state index is -0.829. The molecule has 0 spiro atoms. The predicted molar refractivity (Wildman–Crippen MR) is 180 cm³/mol. The zero-order chi connectivity index (χ0) is 36.1. The van der Waals surface area contributed by atoms with Crippen LogP contribution in [0, 0.1) is 17.2 Å². The average molecular weight is 684 g/mol. The number of hydrogen-bond donors (Lipinski definition) is 3. The summed E-state index contributed by atoms with van der Waals surface area (Å²) in [4.78, 5) is 74.7. The fourth-order valence-corrected chi connectivity index (χ4v) is 5.66. The third kappa shape index (κ3) is 11.3. The van der Waals surface area contributed by atoms with E-state index < -0.39 is 29.7 Å². The van der Waals surface area contributed by atoms with Gasteiger partial charge in [-0.3, -0.25) is 14.2 Å². The van der Waals surface area contributed by atoms with Gasteiger partial charge in [0, 0.05) is 45.8 Å². The van der Waals surface area contributed by atoms with Crippen molar-refractivity contribution in [3.8, 4) is 6.07 Å². The number of ether oxygens (including phenoxy) is 2. The summed E-state index contributed by atoms with van der Waals surface area (Å²) in [6, 6.07) is 2.40. The van der Waals surface area contributed by atoms with Crippen molar-refractivity contribution >= 4 is 46.8 Å². The van der Waals surface area contributed by atoms with E-state index >= 15 is 0 Å². The number of piperidine rings is 1. The molecule has 0 aromatic carbocycles. The minimum Gasteiger partial charge on any atom is -0.467 e. The van der Waals surface area contributed by atoms with Gasteiger partial charge in [0.05, 0.1) is 24.6 Å². The van der Waals surface area contributed by atoms with E-state index in [-0.39, 0.29) is 43.2 Å². The van der Waals surface area contributed by atoms with E-state index in [1.165, 1.54) is 18.0 Å². The van der Waals surface area contributed by atoms with E-state index in [0.717, 1.165) is 6.42 Å². The Balaban J connectivity index is 1.49. The molecule has 1 aliphatic heterocycles. The number of methoxy groups -OCH3 is 1. The van der Waals surface area contributed by atoms with Gasteiger partial charge in [-0.05, 0) is 64.9 Å². The SMILES string of the molecule is COC(=O)[C@H](CCCCNC(=O)OC(C)(C)C)NC(=O)CCCNC(=O)n1ccc2c(N(C)[C@H]3CN(C(=O)CC#N)CC[C@H]3C)ncnc21. The molecule has 3 atom stereocenters. The number of anilines is 1. The Bertz CT molecular complexity index is 1510. The maximum atomic E-state index is 13.1. The van der Waals surface area contributed by atoms with Gasteiger partial charge < -0.3 is 35.2 Å². The van der Waals surface area contributed by atoms with Crippen molar-refractivity contribution in [2.75, 3.05) is 45.2 Å². The highest BCUT2D eigenvalue weighted by Crippen LogP contribution is 2.29. The molecular formula is C33H49N9O7. The molecule has 3 rings (SSSR count). The Morgan fingerprint density at radius 2 is 1.86 bits per heavy atom. The molecule has 0 aliphatic carbocycles. The molecule has 0 bridgehead atoms. The number of nitrogens with zero attached hydrogens (tertiary/aromatic N) is 6. The van der Waals surface area contributed by atoms with Crippen molar-refractivity contribution < 1.29 is 33.4 Å². The Labute approximate surface area is 286 Å². The summed E-state index contributed by atoms with van der Waals surface area (Å²) in [5, 5.41) is 17.8. The Kier molecular flexibility index (Phi) is 14.1. The number of amides is 4. The number of nitriles is 1. The second-order valence-corrected chi connectivity index (χ2v) is 13.1. The number of fused-ring (bicyclic) bond motifs is 1. The fraction of sp³-hybridized carbons (Fsp3) is 0.636. The molecule has 0 radical (unpaired) electrons. The van der Waals surface area contributed by atoms with Gasteiger partial charge in [-0.1, -0.05) is 6.92 Å². The number of unbranched alkanes of at least 4 members (excludes halogenated alkanes) is 1. The first kappa shape index (κ1) is 38.5. The second-order valence-electron chi connectivity index (χ2n) is 13.1. The van der Waals surface area contributed by atoms with Crippen LogP contribution in [-0.4, -0.2) is 107 Å². The molecule has 1 aliphatic rings. The van der Waals surface area contributed by atoms with Gasteiger partial charge in [0.25, 0.3) is 0 Å². The Morgan fingerprint density at radius 1 is 1.12 bits per heavy atom. The molecule has 2 aromatic rings. The zero-order valence-corrected chi connectivity index (χ0v) is 29.3. The number of hydrogen-bond acceptors (Lipinski definition) is 11. The molecule has 49 heavy (non-hydrogen) atoms. The minimum absolute atomic E-state index is 0.0437. The molecule has 1 saturated heterocycles. The van der Waals surface area contributed by atoms with Crippen molar-refractivity contribution in [1.29, 1.82) is 5.26 Å². The van der Waals surface area contributed by atoms with Crippen LogP contribution in [0.25, 0.3) is 11.0 Å². The first-order chi connectivity index (χ1) is 23.2. The first-order valence-electron chi connectivity index (χ1n) is 16.6. The highest BCUT2D eigenvalue weighted by Gasteiger charge is 2.33. The highest BCUT2D eigenvalue weighted by molar-refractivity contribution is 5.95. The monoisotopic (exact) mass is 683 g/mol. The molecular weight excluding hydrogens is 634 g/mol. The van der Waals surface area contributed by atoms with Crippen molar-refractivity contribution in [2.24, 2.45) is 5.92 Å². The molecule has 3 heterocycles. The number of rotatable bonds is 14. The van der Waals surface area contributed by atoms with Gasteiger partial charge in [0.2, 0.25) is 11.8 Å². The van der Waals surface area contributed by atoms with E-state index in [4.69, 9.17) is 14.7 Å². The second kappa shape index (κ2) is 18.0. The van der Waals surface area contributed by atoms with Crippen molar-refractivity contribution in [3.05, 3.63) is 18.6 Å². The lowest BCUT2D eigenvalue weighted by atomic mass is 9.92. The number of carbonyl (C=O) groups is 5.